The molecule has 0 aliphatic rings. The molecule has 4 heteroatoms. The number of carbonyl (C=O) groups is 2. The van der Waals surface area contributed by atoms with E-state index in [1.165, 1.54) is 96.3 Å². The largest absolute Gasteiger partial charge is 0.481 e. The Morgan fingerprint density at radius 1 is 0.545 bits per heavy atom. The topological polar surface area (TPSA) is 63.6 Å². The van der Waals surface area contributed by atoms with E-state index in [4.69, 9.17) is 9.84 Å². The Hall–Kier alpha value is -1.06. The van der Waals surface area contributed by atoms with Gasteiger partial charge in [-0.1, -0.05) is 117 Å². The fourth-order valence-corrected chi connectivity index (χ4v) is 4.42. The molecule has 0 saturated heterocycles. The molecule has 1 N–H and O–H groups in total. The number of carbonyl (C=O) groups excluding carboxylic acids is 1. The number of carboxylic acid groups (broad SMARTS) is 1. The fourth-order valence-electron chi connectivity index (χ4n) is 4.42. The van der Waals surface area contributed by atoms with E-state index in [9.17, 15) is 9.59 Å². The molecule has 33 heavy (non-hydrogen) atoms. The summed E-state index contributed by atoms with van der Waals surface area (Å²) in [5, 5.41) is 8.82. The smallest absolute Gasteiger partial charge is 0.306 e. The molecule has 0 heterocycles. The third-order valence-electron chi connectivity index (χ3n) is 6.58. The second kappa shape index (κ2) is 25.6. The van der Waals surface area contributed by atoms with Crippen LogP contribution in [0.5, 0.6) is 0 Å². The highest BCUT2D eigenvalue weighted by molar-refractivity contribution is 5.69. The monoisotopic (exact) mass is 468 g/mol. The molecule has 0 aromatic rings. The van der Waals surface area contributed by atoms with Crippen molar-refractivity contribution in [3.63, 3.8) is 0 Å². The highest BCUT2D eigenvalue weighted by Gasteiger charge is 2.14. The van der Waals surface area contributed by atoms with Gasteiger partial charge in [-0.25, -0.2) is 0 Å². The van der Waals surface area contributed by atoms with Gasteiger partial charge in [0.1, 0.15) is 6.10 Å². The zero-order valence-corrected chi connectivity index (χ0v) is 22.2. The number of unbranched alkanes of at least 4 members (excludes halogenated alkanes) is 17. The molecular formula is C29H56O4. The van der Waals surface area contributed by atoms with Crippen molar-refractivity contribution < 1.29 is 19.4 Å². The molecule has 0 fully saturated rings. The van der Waals surface area contributed by atoms with Crippen molar-refractivity contribution in [2.75, 3.05) is 0 Å². The van der Waals surface area contributed by atoms with Gasteiger partial charge in [0, 0.05) is 12.8 Å². The molecule has 0 aromatic heterocycles. The van der Waals surface area contributed by atoms with E-state index in [2.05, 4.69) is 13.8 Å². The van der Waals surface area contributed by atoms with Crippen molar-refractivity contribution in [3.05, 3.63) is 0 Å². The average Bonchev–Trinajstić information content (AvgIpc) is 2.79. The van der Waals surface area contributed by atoms with Crippen LogP contribution in [0.1, 0.15) is 168 Å². The highest BCUT2D eigenvalue weighted by Crippen LogP contribution is 2.18. The van der Waals surface area contributed by atoms with Crippen LogP contribution in [0.4, 0.5) is 0 Å². The molecule has 0 saturated carbocycles. The Labute approximate surface area is 205 Å². The van der Waals surface area contributed by atoms with Crippen LogP contribution in [0.15, 0.2) is 0 Å². The van der Waals surface area contributed by atoms with Crippen LogP contribution in [0.3, 0.4) is 0 Å². The van der Waals surface area contributed by atoms with Crippen LogP contribution in [0.25, 0.3) is 0 Å². The Balaban J connectivity index is 3.85. The first-order chi connectivity index (χ1) is 16.1. The number of ether oxygens (including phenoxy) is 1. The van der Waals surface area contributed by atoms with Crippen LogP contribution < -0.4 is 0 Å². The van der Waals surface area contributed by atoms with Crippen LogP contribution >= 0.6 is 0 Å². The van der Waals surface area contributed by atoms with Crippen molar-refractivity contribution in [3.8, 4) is 0 Å². The number of aliphatic carboxylic acids is 1. The lowest BCUT2D eigenvalue weighted by Gasteiger charge is -2.18. The lowest BCUT2D eigenvalue weighted by Crippen LogP contribution is -2.18. The van der Waals surface area contributed by atoms with Crippen LogP contribution in [-0.4, -0.2) is 23.1 Å². The standard InChI is InChI=1S/C29H56O4/c1-3-5-7-9-11-12-13-14-15-16-18-20-26-29(32)33-27(24-21-22-25-28(30)31)23-19-17-10-8-6-4-2/h27H,3-26H2,1-2H3,(H,30,31). The summed E-state index contributed by atoms with van der Waals surface area (Å²) in [6.07, 6.45) is 26.8. The van der Waals surface area contributed by atoms with Gasteiger partial charge in [0.15, 0.2) is 0 Å². The number of hydrogen-bond acceptors (Lipinski definition) is 3. The predicted octanol–water partition coefficient (Wildman–Crippen LogP) is 9.39. The zero-order valence-electron chi connectivity index (χ0n) is 22.2. The first kappa shape index (κ1) is 31.9. The molecule has 196 valence electrons. The zero-order chi connectivity index (χ0) is 24.4. The van der Waals surface area contributed by atoms with Gasteiger partial charge in [-0.3, -0.25) is 9.59 Å². The summed E-state index contributed by atoms with van der Waals surface area (Å²) in [5.41, 5.74) is 0. The molecule has 0 aliphatic heterocycles. The highest BCUT2D eigenvalue weighted by atomic mass is 16.5. The van der Waals surface area contributed by atoms with Crippen molar-refractivity contribution in [2.45, 2.75) is 174 Å². The van der Waals surface area contributed by atoms with Crippen LogP contribution in [0, 0.1) is 0 Å². The second-order valence-electron chi connectivity index (χ2n) is 9.95. The number of carboxylic acids is 1. The summed E-state index contributed by atoms with van der Waals surface area (Å²) < 4.78 is 5.80. The number of hydrogen-bond donors (Lipinski definition) is 1. The van der Waals surface area contributed by atoms with Gasteiger partial charge in [-0.05, 0) is 38.5 Å². The molecule has 1 unspecified atom stereocenters. The molecule has 0 rings (SSSR count). The third kappa shape index (κ3) is 25.4. The van der Waals surface area contributed by atoms with Crippen LogP contribution in [-0.2, 0) is 14.3 Å². The van der Waals surface area contributed by atoms with E-state index >= 15 is 0 Å². The van der Waals surface area contributed by atoms with Gasteiger partial charge in [-0.15, -0.1) is 0 Å². The molecule has 0 aromatic carbocycles. The van der Waals surface area contributed by atoms with Gasteiger partial charge in [0.05, 0.1) is 0 Å². The average molecular weight is 469 g/mol. The van der Waals surface area contributed by atoms with E-state index in [1.54, 1.807) is 0 Å². The van der Waals surface area contributed by atoms with Gasteiger partial charge in [0.25, 0.3) is 0 Å². The van der Waals surface area contributed by atoms with Crippen molar-refractivity contribution in [1.82, 2.24) is 0 Å². The van der Waals surface area contributed by atoms with Crippen molar-refractivity contribution in [2.24, 2.45) is 0 Å². The molecular weight excluding hydrogens is 412 g/mol. The minimum absolute atomic E-state index is 0.0326. The van der Waals surface area contributed by atoms with Crippen molar-refractivity contribution >= 4 is 11.9 Å². The Bertz CT molecular complexity index is 435. The first-order valence-corrected chi connectivity index (χ1v) is 14.5. The molecule has 4 nitrogen and oxygen atoms in total. The summed E-state index contributed by atoms with van der Waals surface area (Å²) >= 11 is 0. The molecule has 0 aliphatic carbocycles. The quantitative estimate of drug-likeness (QED) is 0.101. The lowest BCUT2D eigenvalue weighted by molar-refractivity contribution is -0.150. The maximum atomic E-state index is 12.3. The summed E-state index contributed by atoms with van der Waals surface area (Å²) in [6.45, 7) is 4.49. The molecule has 0 bridgehead atoms. The Morgan fingerprint density at radius 2 is 0.909 bits per heavy atom. The van der Waals surface area contributed by atoms with E-state index in [-0.39, 0.29) is 18.5 Å². The number of esters is 1. The van der Waals surface area contributed by atoms with Crippen LogP contribution in [0.2, 0.25) is 0 Å². The van der Waals surface area contributed by atoms with Gasteiger partial charge in [-0.2, -0.15) is 0 Å². The lowest BCUT2D eigenvalue weighted by atomic mass is 10.0. The summed E-state index contributed by atoms with van der Waals surface area (Å²) in [4.78, 5) is 23.1. The minimum Gasteiger partial charge on any atom is -0.481 e. The van der Waals surface area contributed by atoms with Crippen molar-refractivity contribution in [1.29, 1.82) is 0 Å². The molecule has 0 radical (unpaired) electrons. The molecule has 0 amide bonds. The second-order valence-corrected chi connectivity index (χ2v) is 9.95. The SMILES string of the molecule is CCCCCCCCCCCCCCC(=O)OC(CCCCCCCC)CCCCC(=O)O. The van der Waals surface area contributed by atoms with Gasteiger partial charge in [0.2, 0.25) is 0 Å². The van der Waals surface area contributed by atoms with Gasteiger partial charge < -0.3 is 9.84 Å². The third-order valence-corrected chi connectivity index (χ3v) is 6.58. The van der Waals surface area contributed by atoms with E-state index in [0.29, 0.717) is 12.8 Å². The molecule has 0 spiro atoms. The predicted molar refractivity (Wildman–Crippen MR) is 140 cm³/mol. The number of rotatable bonds is 26. The summed E-state index contributed by atoms with van der Waals surface area (Å²) in [7, 11) is 0. The van der Waals surface area contributed by atoms with Gasteiger partial charge >= 0.3 is 11.9 Å². The first-order valence-electron chi connectivity index (χ1n) is 14.5. The normalized spacial score (nSPS) is 12.1. The van der Waals surface area contributed by atoms with E-state index in [0.717, 1.165) is 38.5 Å². The Morgan fingerprint density at radius 3 is 1.36 bits per heavy atom. The molecule has 1 atom stereocenters. The van der Waals surface area contributed by atoms with E-state index in [1.807, 2.05) is 0 Å². The summed E-state index contributed by atoms with van der Waals surface area (Å²) in [5.74, 6) is -0.803. The summed E-state index contributed by atoms with van der Waals surface area (Å²) in [6, 6.07) is 0. The fraction of sp³-hybridized carbons (Fsp3) is 0.931. The van der Waals surface area contributed by atoms with E-state index < -0.39 is 5.97 Å². The minimum atomic E-state index is -0.744. The maximum absolute atomic E-state index is 12.3. The maximum Gasteiger partial charge on any atom is 0.306 e. The Kier molecular flexibility index (Phi) is 24.7.